The molecule has 2 unspecified atom stereocenters. The van der Waals surface area contributed by atoms with Crippen LogP contribution in [-0.4, -0.2) is 64.7 Å². The Morgan fingerprint density at radius 2 is 1.72 bits per heavy atom. The molecule has 198 valence electrons. The molecular formula is C27H39N3O6. The van der Waals surface area contributed by atoms with Crippen molar-refractivity contribution in [1.29, 1.82) is 0 Å². The van der Waals surface area contributed by atoms with E-state index in [0.717, 1.165) is 24.8 Å². The third-order valence-corrected chi connectivity index (χ3v) is 6.87. The van der Waals surface area contributed by atoms with E-state index < -0.39 is 29.7 Å². The minimum Gasteiger partial charge on any atom is -0.480 e. The van der Waals surface area contributed by atoms with Crippen LogP contribution in [0.15, 0.2) is 30.3 Å². The van der Waals surface area contributed by atoms with Crippen LogP contribution in [0.2, 0.25) is 0 Å². The maximum Gasteiger partial charge on any atom is 0.408 e. The van der Waals surface area contributed by atoms with Gasteiger partial charge >= 0.3 is 12.1 Å². The Hall–Kier alpha value is -3.10. The first-order chi connectivity index (χ1) is 17.0. The second-order valence-electron chi connectivity index (χ2n) is 10.9. The van der Waals surface area contributed by atoms with Gasteiger partial charge in [-0.15, -0.1) is 0 Å². The van der Waals surface area contributed by atoms with Crippen LogP contribution in [0.3, 0.4) is 0 Å². The summed E-state index contributed by atoms with van der Waals surface area (Å²) in [5, 5.41) is 15.1. The number of carbonyl (C=O) groups is 4. The molecule has 2 fully saturated rings. The number of carbonyl (C=O) groups excluding carboxylic acids is 3. The normalized spacial score (nSPS) is 23.0. The second-order valence-corrected chi connectivity index (χ2v) is 10.9. The van der Waals surface area contributed by atoms with E-state index in [4.69, 9.17) is 4.74 Å². The van der Waals surface area contributed by atoms with Crippen molar-refractivity contribution in [2.24, 2.45) is 11.8 Å². The van der Waals surface area contributed by atoms with Gasteiger partial charge in [0.2, 0.25) is 11.8 Å². The summed E-state index contributed by atoms with van der Waals surface area (Å²) in [7, 11) is 0. The fraction of sp³-hybridized carbons (Fsp3) is 0.630. The van der Waals surface area contributed by atoms with Crippen LogP contribution in [0.1, 0.15) is 64.9 Å². The smallest absolute Gasteiger partial charge is 0.408 e. The van der Waals surface area contributed by atoms with E-state index in [0.29, 0.717) is 38.8 Å². The molecule has 0 radical (unpaired) electrons. The first kappa shape index (κ1) is 27.5. The average molecular weight is 502 g/mol. The zero-order valence-corrected chi connectivity index (χ0v) is 21.5. The Morgan fingerprint density at radius 3 is 2.33 bits per heavy atom. The van der Waals surface area contributed by atoms with Gasteiger partial charge in [-0.2, -0.15) is 0 Å². The number of rotatable bonds is 8. The number of nitrogens with one attached hydrogen (secondary N) is 2. The van der Waals surface area contributed by atoms with Gasteiger partial charge < -0.3 is 25.4 Å². The average Bonchev–Trinajstić information content (AvgIpc) is 3.32. The summed E-state index contributed by atoms with van der Waals surface area (Å²) in [6, 6.07) is 8.01. The molecule has 1 saturated carbocycles. The molecule has 3 N–H and O–H groups in total. The first-order valence-corrected chi connectivity index (χ1v) is 12.9. The number of benzene rings is 1. The van der Waals surface area contributed by atoms with E-state index >= 15 is 0 Å². The number of carboxylic acid groups (broad SMARTS) is 1. The monoisotopic (exact) mass is 501 g/mol. The number of ether oxygens (including phenoxy) is 1. The van der Waals surface area contributed by atoms with E-state index in [9.17, 15) is 24.3 Å². The van der Waals surface area contributed by atoms with Crippen LogP contribution < -0.4 is 10.6 Å². The van der Waals surface area contributed by atoms with E-state index in [1.165, 1.54) is 4.90 Å². The number of amides is 3. The Morgan fingerprint density at radius 1 is 1.06 bits per heavy atom. The van der Waals surface area contributed by atoms with Gasteiger partial charge in [0.25, 0.3) is 0 Å². The quantitative estimate of drug-likeness (QED) is 0.503. The summed E-state index contributed by atoms with van der Waals surface area (Å²) in [5.41, 5.74) is 0.252. The van der Waals surface area contributed by atoms with E-state index in [-0.39, 0.29) is 23.7 Å². The van der Waals surface area contributed by atoms with Gasteiger partial charge in [0, 0.05) is 25.4 Å². The topological polar surface area (TPSA) is 125 Å². The Bertz CT molecular complexity index is 921. The molecule has 1 aliphatic carbocycles. The second kappa shape index (κ2) is 12.2. The fourth-order valence-electron chi connectivity index (χ4n) is 5.01. The van der Waals surface area contributed by atoms with Crippen LogP contribution in [0, 0.1) is 11.8 Å². The molecule has 0 bridgehead atoms. The van der Waals surface area contributed by atoms with Crippen LogP contribution in [0.4, 0.5) is 4.79 Å². The molecule has 36 heavy (non-hydrogen) atoms. The third-order valence-electron chi connectivity index (χ3n) is 6.87. The molecule has 1 heterocycles. The Kier molecular flexibility index (Phi) is 9.34. The molecule has 9 heteroatoms. The minimum atomic E-state index is -0.928. The van der Waals surface area contributed by atoms with Crippen molar-refractivity contribution in [3.8, 4) is 0 Å². The lowest BCUT2D eigenvalue weighted by Gasteiger charge is -2.32. The molecule has 0 aromatic heterocycles. The number of aliphatic carboxylic acids is 1. The molecule has 9 nitrogen and oxygen atoms in total. The van der Waals surface area contributed by atoms with Crippen LogP contribution >= 0.6 is 0 Å². The number of likely N-dealkylation sites (tertiary alicyclic amines) is 1. The van der Waals surface area contributed by atoms with Crippen LogP contribution in [0.5, 0.6) is 0 Å². The van der Waals surface area contributed by atoms with Crippen LogP contribution in [0.25, 0.3) is 0 Å². The summed E-state index contributed by atoms with van der Waals surface area (Å²) >= 11 is 0. The molecule has 2 aliphatic rings. The summed E-state index contributed by atoms with van der Waals surface area (Å²) in [6.07, 6.45) is 3.89. The number of nitrogens with zero attached hydrogens (tertiary/aromatic N) is 1. The molecule has 3 amide bonds. The summed E-state index contributed by atoms with van der Waals surface area (Å²) in [6.45, 7) is 6.28. The summed E-state index contributed by atoms with van der Waals surface area (Å²) in [5.74, 6) is -1.18. The predicted octanol–water partition coefficient (Wildman–Crippen LogP) is 3.12. The molecule has 2 atom stereocenters. The molecule has 1 aromatic carbocycles. The minimum absolute atomic E-state index is 0.0492. The Labute approximate surface area is 212 Å². The molecule has 1 aromatic rings. The zero-order chi connectivity index (χ0) is 26.3. The molecule has 3 rings (SSSR count). The van der Waals surface area contributed by atoms with E-state index in [2.05, 4.69) is 10.6 Å². The number of alkyl carbamates (subject to hydrolysis) is 1. The van der Waals surface area contributed by atoms with Crippen molar-refractivity contribution in [2.75, 3.05) is 13.1 Å². The van der Waals surface area contributed by atoms with Crippen molar-refractivity contribution < 1.29 is 29.0 Å². The highest BCUT2D eigenvalue weighted by molar-refractivity contribution is 5.86. The largest absolute Gasteiger partial charge is 0.480 e. The van der Waals surface area contributed by atoms with Crippen molar-refractivity contribution in [2.45, 2.75) is 83.4 Å². The molecule has 0 spiro atoms. The van der Waals surface area contributed by atoms with Gasteiger partial charge in [0.05, 0.1) is 0 Å². The van der Waals surface area contributed by atoms with Gasteiger partial charge in [0.1, 0.15) is 17.7 Å². The zero-order valence-electron chi connectivity index (χ0n) is 21.5. The Balaban J connectivity index is 1.51. The highest BCUT2D eigenvalue weighted by atomic mass is 16.6. The van der Waals surface area contributed by atoms with Crippen LogP contribution in [-0.2, 0) is 25.5 Å². The summed E-state index contributed by atoms with van der Waals surface area (Å²) < 4.78 is 5.35. The number of hydrogen-bond acceptors (Lipinski definition) is 5. The van der Waals surface area contributed by atoms with Crippen molar-refractivity contribution in [1.82, 2.24) is 15.5 Å². The van der Waals surface area contributed by atoms with E-state index in [1.807, 2.05) is 30.3 Å². The predicted molar refractivity (Wildman–Crippen MR) is 134 cm³/mol. The van der Waals surface area contributed by atoms with Crippen molar-refractivity contribution >= 4 is 23.9 Å². The standard InChI is InChI=1S/C27H39N3O6/c1-27(2,3)36-26(35)29-21(16-18-8-5-4-6-9-18)23(31)28-17-19-11-13-20(14-12-19)24(32)30-15-7-10-22(30)25(33)34/h4-6,8-9,19-22H,7,10-17H2,1-3H3,(H,28,31)(H,29,35)(H,33,34). The van der Waals surface area contributed by atoms with Gasteiger partial charge in [-0.25, -0.2) is 9.59 Å². The first-order valence-electron chi connectivity index (χ1n) is 12.9. The lowest BCUT2D eigenvalue weighted by atomic mass is 9.81. The van der Waals surface area contributed by atoms with Gasteiger partial charge in [0.15, 0.2) is 0 Å². The molecular weight excluding hydrogens is 462 g/mol. The van der Waals surface area contributed by atoms with Gasteiger partial charge in [-0.05, 0) is 70.8 Å². The molecule has 1 saturated heterocycles. The highest BCUT2D eigenvalue weighted by Gasteiger charge is 2.38. The summed E-state index contributed by atoms with van der Waals surface area (Å²) in [4.78, 5) is 51.3. The fourth-order valence-corrected chi connectivity index (χ4v) is 5.01. The lowest BCUT2D eigenvalue weighted by molar-refractivity contribution is -0.150. The molecule has 1 aliphatic heterocycles. The third kappa shape index (κ3) is 7.96. The highest BCUT2D eigenvalue weighted by Crippen LogP contribution is 2.32. The van der Waals surface area contributed by atoms with Crippen molar-refractivity contribution in [3.05, 3.63) is 35.9 Å². The maximum atomic E-state index is 13.0. The SMILES string of the molecule is CC(C)(C)OC(=O)NC(Cc1ccccc1)C(=O)NCC1CCC(C(=O)N2CCCC2C(=O)O)CC1. The van der Waals surface area contributed by atoms with E-state index in [1.54, 1.807) is 20.8 Å². The number of carboxylic acids is 1. The lowest BCUT2D eigenvalue weighted by Crippen LogP contribution is -2.50. The van der Waals surface area contributed by atoms with Gasteiger partial charge in [-0.3, -0.25) is 9.59 Å². The van der Waals surface area contributed by atoms with Gasteiger partial charge in [-0.1, -0.05) is 30.3 Å². The van der Waals surface area contributed by atoms with Crippen molar-refractivity contribution in [3.63, 3.8) is 0 Å². The number of hydrogen-bond donors (Lipinski definition) is 3. The maximum absolute atomic E-state index is 13.0.